The van der Waals surface area contributed by atoms with Crippen molar-refractivity contribution in [2.75, 3.05) is 6.54 Å². The molecule has 0 fully saturated rings. The van der Waals surface area contributed by atoms with Crippen LogP contribution in [-0.2, 0) is 13.1 Å². The van der Waals surface area contributed by atoms with Crippen molar-refractivity contribution < 1.29 is 4.92 Å². The highest BCUT2D eigenvalue weighted by Crippen LogP contribution is 2.22. The van der Waals surface area contributed by atoms with Crippen LogP contribution in [0.25, 0.3) is 0 Å². The molecule has 1 aromatic heterocycles. The molecule has 0 bridgehead atoms. The van der Waals surface area contributed by atoms with E-state index in [9.17, 15) is 10.1 Å². The predicted octanol–water partition coefficient (Wildman–Crippen LogP) is 2.86. The maximum atomic E-state index is 11.0. The van der Waals surface area contributed by atoms with Crippen LogP contribution in [0.15, 0.2) is 36.5 Å². The van der Waals surface area contributed by atoms with Crippen molar-refractivity contribution in [2.24, 2.45) is 0 Å². The summed E-state index contributed by atoms with van der Waals surface area (Å²) in [4.78, 5) is 10.6. The Balaban J connectivity index is 2.24. The molecule has 0 aliphatic carbocycles. The highest BCUT2D eigenvalue weighted by Gasteiger charge is 2.13. The van der Waals surface area contributed by atoms with E-state index in [0.717, 1.165) is 24.2 Å². The highest BCUT2D eigenvalue weighted by atomic mass is 16.6. The van der Waals surface area contributed by atoms with Crippen molar-refractivity contribution >= 4 is 5.69 Å². The lowest BCUT2D eigenvalue weighted by molar-refractivity contribution is -0.385. The Hall–Kier alpha value is -2.14. The first-order valence-electron chi connectivity index (χ1n) is 6.71. The number of nitro benzene ring substituents is 1. The maximum Gasteiger partial charge on any atom is 0.272 e. The first-order chi connectivity index (χ1) is 9.63. The molecule has 0 aliphatic heterocycles. The van der Waals surface area contributed by atoms with Crippen LogP contribution in [0.2, 0.25) is 0 Å². The Morgan fingerprint density at radius 2 is 2.10 bits per heavy atom. The Labute approximate surface area is 118 Å². The molecule has 0 atom stereocenters. The summed E-state index contributed by atoms with van der Waals surface area (Å²) in [5.41, 5.74) is 3.08. The summed E-state index contributed by atoms with van der Waals surface area (Å²) in [6.45, 7) is 6.25. The zero-order valence-electron chi connectivity index (χ0n) is 11.8. The van der Waals surface area contributed by atoms with Gasteiger partial charge in [-0.2, -0.15) is 0 Å². The second-order valence-electron chi connectivity index (χ2n) is 4.73. The molecule has 1 N–H and O–H groups in total. The third kappa shape index (κ3) is 3.05. The molecule has 0 saturated heterocycles. The number of nitrogens with one attached hydrogen (secondary N) is 1. The molecule has 5 nitrogen and oxygen atoms in total. The molecule has 5 heteroatoms. The van der Waals surface area contributed by atoms with Gasteiger partial charge in [-0.3, -0.25) is 10.1 Å². The fourth-order valence-corrected chi connectivity index (χ4v) is 2.24. The minimum absolute atomic E-state index is 0.183. The Kier molecular flexibility index (Phi) is 4.53. The van der Waals surface area contributed by atoms with E-state index in [1.54, 1.807) is 19.1 Å². The van der Waals surface area contributed by atoms with Gasteiger partial charge in [0.1, 0.15) is 0 Å². The lowest BCUT2D eigenvalue weighted by atomic mass is 10.1. The molecule has 20 heavy (non-hydrogen) atoms. The summed E-state index contributed by atoms with van der Waals surface area (Å²) in [5.74, 6) is 0. The number of nitrogens with zero attached hydrogens (tertiary/aromatic N) is 2. The van der Waals surface area contributed by atoms with Gasteiger partial charge < -0.3 is 9.88 Å². The van der Waals surface area contributed by atoms with Crippen LogP contribution in [0.4, 0.5) is 5.69 Å². The van der Waals surface area contributed by atoms with Crippen molar-refractivity contribution in [3.63, 3.8) is 0 Å². The molecule has 0 spiro atoms. The quantitative estimate of drug-likeness (QED) is 0.650. The molecule has 0 amide bonds. The number of nitro groups is 1. The predicted molar refractivity (Wildman–Crippen MR) is 78.7 cm³/mol. The average molecular weight is 273 g/mol. The number of aromatic nitrogens is 1. The topological polar surface area (TPSA) is 60.1 Å². The summed E-state index contributed by atoms with van der Waals surface area (Å²) >= 11 is 0. The molecule has 0 saturated carbocycles. The van der Waals surface area contributed by atoms with Gasteiger partial charge in [-0.15, -0.1) is 0 Å². The van der Waals surface area contributed by atoms with Crippen molar-refractivity contribution in [3.05, 3.63) is 63.5 Å². The van der Waals surface area contributed by atoms with E-state index >= 15 is 0 Å². The lowest BCUT2D eigenvalue weighted by Gasteiger charge is -2.11. The second kappa shape index (κ2) is 6.34. The smallest absolute Gasteiger partial charge is 0.272 e. The van der Waals surface area contributed by atoms with Gasteiger partial charge in [-0.25, -0.2) is 0 Å². The van der Waals surface area contributed by atoms with Crippen LogP contribution in [0, 0.1) is 17.0 Å². The van der Waals surface area contributed by atoms with Crippen molar-refractivity contribution in [1.29, 1.82) is 0 Å². The second-order valence-corrected chi connectivity index (χ2v) is 4.73. The van der Waals surface area contributed by atoms with E-state index < -0.39 is 0 Å². The molecule has 1 heterocycles. The molecule has 0 radical (unpaired) electrons. The van der Waals surface area contributed by atoms with Crippen LogP contribution < -0.4 is 5.32 Å². The monoisotopic (exact) mass is 273 g/mol. The number of rotatable bonds is 6. The first kappa shape index (κ1) is 14.3. The Morgan fingerprint density at radius 1 is 1.30 bits per heavy atom. The van der Waals surface area contributed by atoms with Gasteiger partial charge in [0, 0.05) is 36.6 Å². The van der Waals surface area contributed by atoms with Crippen LogP contribution in [0.5, 0.6) is 0 Å². The van der Waals surface area contributed by atoms with Crippen molar-refractivity contribution in [2.45, 2.75) is 26.9 Å². The molecule has 106 valence electrons. The van der Waals surface area contributed by atoms with Crippen LogP contribution in [0.1, 0.15) is 23.7 Å². The van der Waals surface area contributed by atoms with E-state index in [2.05, 4.69) is 22.9 Å². The molecular weight excluding hydrogens is 254 g/mol. The maximum absolute atomic E-state index is 11.0. The minimum atomic E-state index is -0.325. The molecule has 2 rings (SSSR count). The third-order valence-corrected chi connectivity index (χ3v) is 3.43. The van der Waals surface area contributed by atoms with E-state index in [-0.39, 0.29) is 10.6 Å². The number of benzene rings is 1. The van der Waals surface area contributed by atoms with Crippen molar-refractivity contribution in [3.8, 4) is 0 Å². The Bertz CT molecular complexity index is 605. The minimum Gasteiger partial charge on any atom is -0.346 e. The zero-order valence-corrected chi connectivity index (χ0v) is 11.8. The van der Waals surface area contributed by atoms with E-state index in [1.807, 2.05) is 18.3 Å². The summed E-state index contributed by atoms with van der Waals surface area (Å²) in [7, 11) is 0. The standard InChI is InChI=1S/C15H19N3O2/c1-3-16-10-14-7-5-9-17(14)11-13-6-4-8-15(12(13)2)18(19)20/h4-9,16H,3,10-11H2,1-2H3. The largest absolute Gasteiger partial charge is 0.346 e. The zero-order chi connectivity index (χ0) is 14.5. The molecule has 0 aliphatic rings. The van der Waals surface area contributed by atoms with Gasteiger partial charge in [-0.1, -0.05) is 19.1 Å². The molecule has 2 aromatic rings. The van der Waals surface area contributed by atoms with Crippen molar-refractivity contribution in [1.82, 2.24) is 9.88 Å². The SMILES string of the molecule is CCNCc1cccn1Cc1cccc([N+](=O)[O-])c1C. The van der Waals surface area contributed by atoms with Gasteiger partial charge in [0.2, 0.25) is 0 Å². The first-order valence-corrected chi connectivity index (χ1v) is 6.71. The summed E-state index contributed by atoms with van der Waals surface area (Å²) < 4.78 is 2.12. The molecule has 0 unspecified atom stereocenters. The third-order valence-electron chi connectivity index (χ3n) is 3.43. The number of hydrogen-bond acceptors (Lipinski definition) is 3. The fraction of sp³-hybridized carbons (Fsp3) is 0.333. The van der Waals surface area contributed by atoms with E-state index in [1.165, 1.54) is 5.69 Å². The molecular formula is C15H19N3O2. The van der Waals surface area contributed by atoms with Gasteiger partial charge in [0.25, 0.3) is 5.69 Å². The van der Waals surface area contributed by atoms with Gasteiger partial charge in [0.05, 0.1) is 4.92 Å². The summed E-state index contributed by atoms with van der Waals surface area (Å²) in [6, 6.07) is 9.30. The van der Waals surface area contributed by atoms with E-state index in [0.29, 0.717) is 6.54 Å². The normalized spacial score (nSPS) is 10.7. The van der Waals surface area contributed by atoms with Gasteiger partial charge in [-0.05, 0) is 31.2 Å². The van der Waals surface area contributed by atoms with Crippen LogP contribution >= 0.6 is 0 Å². The number of hydrogen-bond donors (Lipinski definition) is 1. The highest BCUT2D eigenvalue weighted by molar-refractivity contribution is 5.44. The van der Waals surface area contributed by atoms with Gasteiger partial charge >= 0.3 is 0 Å². The summed E-state index contributed by atoms with van der Waals surface area (Å²) in [6.07, 6.45) is 2.00. The molecule has 1 aromatic carbocycles. The van der Waals surface area contributed by atoms with E-state index in [4.69, 9.17) is 0 Å². The van der Waals surface area contributed by atoms with Crippen LogP contribution in [-0.4, -0.2) is 16.0 Å². The Morgan fingerprint density at radius 3 is 2.80 bits per heavy atom. The average Bonchev–Trinajstić information content (AvgIpc) is 2.85. The summed E-state index contributed by atoms with van der Waals surface area (Å²) in [5, 5.41) is 14.3. The fourth-order valence-electron chi connectivity index (χ4n) is 2.24. The lowest BCUT2D eigenvalue weighted by Crippen LogP contribution is -2.15. The van der Waals surface area contributed by atoms with Crippen LogP contribution in [0.3, 0.4) is 0 Å². The van der Waals surface area contributed by atoms with Gasteiger partial charge in [0.15, 0.2) is 0 Å².